The molecule has 0 aliphatic rings. The Morgan fingerprint density at radius 2 is 2.50 bits per heavy atom. The van der Waals surface area contributed by atoms with E-state index in [4.69, 9.17) is 10.1 Å². The van der Waals surface area contributed by atoms with Gasteiger partial charge in [-0.15, -0.1) is 0 Å². The second kappa shape index (κ2) is 4.30. The highest BCUT2D eigenvalue weighted by molar-refractivity contribution is 5.82. The van der Waals surface area contributed by atoms with Crippen LogP contribution in [-0.4, -0.2) is 19.3 Å². The van der Waals surface area contributed by atoms with Gasteiger partial charge in [-0.3, -0.25) is 5.41 Å². The van der Waals surface area contributed by atoms with Crippen molar-refractivity contribution in [1.29, 1.82) is 5.41 Å². The van der Waals surface area contributed by atoms with Gasteiger partial charge in [0.1, 0.15) is 6.34 Å². The summed E-state index contributed by atoms with van der Waals surface area (Å²) in [4.78, 5) is 3.60. The fourth-order valence-corrected chi connectivity index (χ4v) is 0.360. The Labute approximate surface area is 48.9 Å². The van der Waals surface area contributed by atoms with Gasteiger partial charge in [0.15, 0.2) is 5.90 Å². The van der Waals surface area contributed by atoms with Crippen LogP contribution in [0.1, 0.15) is 13.3 Å². The van der Waals surface area contributed by atoms with Gasteiger partial charge in [-0.25, -0.2) is 4.99 Å². The summed E-state index contributed by atoms with van der Waals surface area (Å²) in [6.45, 7) is 1.92. The number of hydrogen-bond donors (Lipinski definition) is 1. The first kappa shape index (κ1) is 7.14. The van der Waals surface area contributed by atoms with Crippen LogP contribution in [0.3, 0.4) is 0 Å². The molecule has 0 amide bonds. The van der Waals surface area contributed by atoms with Crippen molar-refractivity contribution in [2.45, 2.75) is 13.3 Å². The molecule has 3 nitrogen and oxygen atoms in total. The van der Waals surface area contributed by atoms with Crippen molar-refractivity contribution in [2.75, 3.05) is 7.11 Å². The highest BCUT2D eigenvalue weighted by Gasteiger charge is 1.86. The Kier molecular flexibility index (Phi) is 3.84. The summed E-state index contributed by atoms with van der Waals surface area (Å²) in [5.74, 6) is 0.597. The van der Waals surface area contributed by atoms with Crippen molar-refractivity contribution in [3.05, 3.63) is 0 Å². The molecule has 0 atom stereocenters. The van der Waals surface area contributed by atoms with E-state index >= 15 is 0 Å². The number of rotatable bonds is 2. The van der Waals surface area contributed by atoms with E-state index in [0.717, 1.165) is 12.8 Å². The van der Waals surface area contributed by atoms with Gasteiger partial charge in [-0.1, -0.05) is 6.92 Å². The maximum atomic E-state index is 6.55. The predicted octanol–water partition coefficient (Wildman–Crippen LogP) is 1.05. The third kappa shape index (κ3) is 2.34. The molecule has 0 aliphatic carbocycles. The summed E-state index contributed by atoms with van der Waals surface area (Å²) in [6, 6.07) is 0. The summed E-state index contributed by atoms with van der Waals surface area (Å²) in [5, 5.41) is 6.55. The van der Waals surface area contributed by atoms with Gasteiger partial charge < -0.3 is 4.74 Å². The van der Waals surface area contributed by atoms with Crippen molar-refractivity contribution in [1.82, 2.24) is 0 Å². The Hall–Kier alpha value is -0.860. The van der Waals surface area contributed by atoms with Gasteiger partial charge >= 0.3 is 0 Å². The quantitative estimate of drug-likeness (QED) is 0.423. The molecule has 1 N–H and O–H groups in total. The second-order valence-electron chi connectivity index (χ2n) is 1.21. The molecule has 0 rings (SSSR count). The van der Waals surface area contributed by atoms with E-state index in [0.29, 0.717) is 5.90 Å². The Morgan fingerprint density at radius 3 is 2.62 bits per heavy atom. The third-order valence-electron chi connectivity index (χ3n) is 0.747. The van der Waals surface area contributed by atoms with Crippen LogP contribution in [0.15, 0.2) is 4.99 Å². The van der Waals surface area contributed by atoms with E-state index < -0.39 is 0 Å². The Morgan fingerprint density at radius 1 is 1.88 bits per heavy atom. The second-order valence-corrected chi connectivity index (χ2v) is 1.21. The molecule has 46 valence electrons. The molecule has 0 fully saturated rings. The lowest BCUT2D eigenvalue weighted by Crippen LogP contribution is -1.97. The van der Waals surface area contributed by atoms with Crippen molar-refractivity contribution in [2.24, 2.45) is 4.99 Å². The first-order chi connectivity index (χ1) is 3.85. The zero-order valence-corrected chi connectivity index (χ0v) is 5.14. The maximum absolute atomic E-state index is 6.55. The highest BCUT2D eigenvalue weighted by Crippen LogP contribution is 1.83. The molecular formula is C5H10N2O. The maximum Gasteiger partial charge on any atom is 0.188 e. The van der Waals surface area contributed by atoms with Crippen molar-refractivity contribution < 1.29 is 4.74 Å². The zero-order chi connectivity index (χ0) is 6.41. The van der Waals surface area contributed by atoms with Gasteiger partial charge in [-0.2, -0.15) is 0 Å². The van der Waals surface area contributed by atoms with Crippen molar-refractivity contribution in [3.63, 3.8) is 0 Å². The molecule has 8 heavy (non-hydrogen) atoms. The van der Waals surface area contributed by atoms with Gasteiger partial charge in [0, 0.05) is 6.42 Å². The van der Waals surface area contributed by atoms with E-state index in [1.165, 1.54) is 0 Å². The molecule has 0 spiro atoms. The minimum Gasteiger partial charge on any atom is -0.484 e. The lowest BCUT2D eigenvalue weighted by Gasteiger charge is -1.95. The average molecular weight is 114 g/mol. The Balaban J connectivity index is 3.66. The van der Waals surface area contributed by atoms with Gasteiger partial charge in [0.05, 0.1) is 7.11 Å². The van der Waals surface area contributed by atoms with Crippen LogP contribution in [0.4, 0.5) is 0 Å². The monoisotopic (exact) mass is 114 g/mol. The summed E-state index contributed by atoms with van der Waals surface area (Å²) < 4.78 is 4.74. The number of nitrogens with zero attached hydrogens (tertiary/aromatic N) is 1. The van der Waals surface area contributed by atoms with E-state index in [9.17, 15) is 0 Å². The zero-order valence-electron chi connectivity index (χ0n) is 5.14. The number of ether oxygens (including phenoxy) is 1. The van der Waals surface area contributed by atoms with E-state index in [1.807, 2.05) is 6.92 Å². The van der Waals surface area contributed by atoms with Crippen molar-refractivity contribution >= 4 is 12.2 Å². The van der Waals surface area contributed by atoms with E-state index in [1.54, 1.807) is 7.11 Å². The normalized spacial score (nSPS) is 11.0. The molecule has 0 unspecified atom stereocenters. The molecule has 0 bridgehead atoms. The average Bonchev–Trinajstić information content (AvgIpc) is 1.83. The van der Waals surface area contributed by atoms with E-state index in [2.05, 4.69) is 4.99 Å². The first-order valence-electron chi connectivity index (χ1n) is 2.44. The fraction of sp³-hybridized carbons (Fsp3) is 0.600. The molecule has 0 saturated carbocycles. The van der Waals surface area contributed by atoms with Crippen LogP contribution >= 0.6 is 0 Å². The summed E-state index contributed by atoms with van der Waals surface area (Å²) in [7, 11) is 1.55. The third-order valence-corrected chi connectivity index (χ3v) is 0.747. The number of methoxy groups -OCH3 is 1. The molecule has 0 aromatic heterocycles. The van der Waals surface area contributed by atoms with Gasteiger partial charge in [-0.05, 0) is 0 Å². The molecule has 0 aliphatic heterocycles. The standard InChI is InChI=1S/C5H10N2O/c1-3-5(8-2)7-4-6/h4,6H,3H2,1-2H3/b6-4?,7-5+. The van der Waals surface area contributed by atoms with E-state index in [-0.39, 0.29) is 0 Å². The first-order valence-corrected chi connectivity index (χ1v) is 2.44. The minimum atomic E-state index is 0.597. The molecule has 0 heterocycles. The number of hydrogen-bond acceptors (Lipinski definition) is 2. The molecule has 0 saturated heterocycles. The molecule has 0 radical (unpaired) electrons. The summed E-state index contributed by atoms with van der Waals surface area (Å²) in [6.07, 6.45) is 1.72. The van der Waals surface area contributed by atoms with Crippen LogP contribution in [0, 0.1) is 5.41 Å². The minimum absolute atomic E-state index is 0.597. The van der Waals surface area contributed by atoms with Crippen LogP contribution in [0.25, 0.3) is 0 Å². The molecule has 0 aromatic carbocycles. The smallest absolute Gasteiger partial charge is 0.188 e. The van der Waals surface area contributed by atoms with Gasteiger partial charge in [0.2, 0.25) is 0 Å². The predicted molar refractivity (Wildman–Crippen MR) is 33.5 cm³/mol. The lowest BCUT2D eigenvalue weighted by molar-refractivity contribution is 0.393. The van der Waals surface area contributed by atoms with Gasteiger partial charge in [0.25, 0.3) is 0 Å². The number of nitrogens with one attached hydrogen (secondary N) is 1. The van der Waals surface area contributed by atoms with Crippen LogP contribution in [0.2, 0.25) is 0 Å². The Bertz CT molecular complexity index is 92.6. The van der Waals surface area contributed by atoms with Crippen molar-refractivity contribution in [3.8, 4) is 0 Å². The largest absolute Gasteiger partial charge is 0.484 e. The van der Waals surface area contributed by atoms with Crippen LogP contribution < -0.4 is 0 Å². The highest BCUT2D eigenvalue weighted by atomic mass is 16.5. The fourth-order valence-electron chi connectivity index (χ4n) is 0.360. The summed E-state index contributed by atoms with van der Waals surface area (Å²) in [5.41, 5.74) is 0. The molecule has 3 heteroatoms. The number of aliphatic imine (C=N–C) groups is 1. The molecule has 0 aromatic rings. The molecular weight excluding hydrogens is 104 g/mol. The topological polar surface area (TPSA) is 45.4 Å². The van der Waals surface area contributed by atoms with Crippen LogP contribution in [-0.2, 0) is 4.74 Å². The lowest BCUT2D eigenvalue weighted by atomic mass is 10.5. The van der Waals surface area contributed by atoms with Crippen LogP contribution in [0.5, 0.6) is 0 Å². The summed E-state index contributed by atoms with van der Waals surface area (Å²) >= 11 is 0. The SMILES string of the molecule is CC/C(=N\C=N)OC.